The fourth-order valence-electron chi connectivity index (χ4n) is 1.76. The van der Waals surface area contributed by atoms with Gasteiger partial charge in [-0.1, -0.05) is 38.2 Å². The first kappa shape index (κ1) is 14.5. The smallest absolute Gasteiger partial charge is 0.308 e. The molecule has 1 aromatic heterocycles. The van der Waals surface area contributed by atoms with Crippen LogP contribution >= 0.6 is 11.3 Å². The van der Waals surface area contributed by atoms with Crippen molar-refractivity contribution in [3.8, 4) is 0 Å². The molecule has 20 heavy (non-hydrogen) atoms. The number of hydrogen-bond donors (Lipinski definition) is 1. The highest BCUT2D eigenvalue weighted by Gasteiger charge is 2.21. The number of carbonyl (C=O) groups is 1. The number of carbonyl (C=O) groups excluding carboxylic acids is 1. The molecular formula is C15H18N2O2S. The van der Waals surface area contributed by atoms with Crippen molar-refractivity contribution in [3.63, 3.8) is 0 Å². The van der Waals surface area contributed by atoms with Crippen LogP contribution in [-0.4, -0.2) is 10.5 Å². The molecule has 1 N–H and O–H groups in total. The van der Waals surface area contributed by atoms with E-state index in [4.69, 9.17) is 0 Å². The summed E-state index contributed by atoms with van der Waals surface area (Å²) in [6.45, 7) is 9.73. The highest BCUT2D eigenvalue weighted by Crippen LogP contribution is 2.23. The third-order valence-corrected chi connectivity index (χ3v) is 3.86. The number of hydrogen-bond acceptors (Lipinski definition) is 3. The molecule has 4 nitrogen and oxygen atoms in total. The molecule has 0 aliphatic heterocycles. The van der Waals surface area contributed by atoms with Gasteiger partial charge in [-0.3, -0.25) is 14.2 Å². The number of anilines is 1. The van der Waals surface area contributed by atoms with Crippen LogP contribution in [0.15, 0.2) is 35.6 Å². The fraction of sp³-hybridized carbons (Fsp3) is 0.333. The molecule has 2 aromatic rings. The van der Waals surface area contributed by atoms with Crippen LogP contribution in [-0.2, 0) is 11.3 Å². The van der Waals surface area contributed by atoms with Gasteiger partial charge < -0.3 is 5.32 Å². The molecule has 0 spiro atoms. The lowest BCUT2D eigenvalue weighted by molar-refractivity contribution is -0.123. The third kappa shape index (κ3) is 2.82. The number of rotatable bonds is 3. The van der Waals surface area contributed by atoms with Gasteiger partial charge >= 0.3 is 4.87 Å². The highest BCUT2D eigenvalue weighted by molar-refractivity contribution is 7.16. The number of nitrogens with zero attached hydrogens (tertiary/aromatic N) is 1. The van der Waals surface area contributed by atoms with E-state index in [9.17, 15) is 9.59 Å². The Bertz CT molecular complexity index is 720. The summed E-state index contributed by atoms with van der Waals surface area (Å²) in [5.74, 6) is -0.0466. The molecule has 0 aliphatic rings. The van der Waals surface area contributed by atoms with Crippen molar-refractivity contribution in [3.05, 3.63) is 40.5 Å². The first-order chi connectivity index (χ1) is 9.32. The maximum atomic E-state index is 12.0. The minimum absolute atomic E-state index is 0.0146. The van der Waals surface area contributed by atoms with Crippen LogP contribution in [0, 0.1) is 5.41 Å². The summed E-state index contributed by atoms with van der Waals surface area (Å²) >= 11 is 1.18. The van der Waals surface area contributed by atoms with Crippen LogP contribution in [0.3, 0.4) is 0 Å². The first-order valence-corrected chi connectivity index (χ1v) is 7.20. The predicted octanol–water partition coefficient (Wildman–Crippen LogP) is 3.23. The lowest BCUT2D eigenvalue weighted by Gasteiger charge is -2.17. The van der Waals surface area contributed by atoms with Crippen molar-refractivity contribution in [1.29, 1.82) is 0 Å². The number of nitrogens with one attached hydrogen (secondary N) is 1. The molecule has 0 saturated carbocycles. The highest BCUT2D eigenvalue weighted by atomic mass is 32.1. The van der Waals surface area contributed by atoms with E-state index < -0.39 is 5.41 Å². The molecule has 106 valence electrons. The standard InChI is InChI=1S/C15H18N2O2S/c1-5-8-17-11-7-6-10(9-12(11)20-14(17)19)16-13(18)15(2,3)4/h5-7,9H,1,8H2,2-4H3,(H,16,18). The average molecular weight is 290 g/mol. The van der Waals surface area contributed by atoms with Crippen LogP contribution in [0.25, 0.3) is 10.2 Å². The van der Waals surface area contributed by atoms with Crippen LogP contribution in [0.1, 0.15) is 20.8 Å². The van der Waals surface area contributed by atoms with Gasteiger partial charge in [0.05, 0.1) is 10.2 Å². The van der Waals surface area contributed by atoms with Gasteiger partial charge in [0.1, 0.15) is 0 Å². The second-order valence-corrected chi connectivity index (χ2v) is 6.65. The lowest BCUT2D eigenvalue weighted by Crippen LogP contribution is -2.27. The van der Waals surface area contributed by atoms with Crippen molar-refractivity contribution < 1.29 is 4.79 Å². The van der Waals surface area contributed by atoms with Gasteiger partial charge in [0, 0.05) is 17.6 Å². The van der Waals surface area contributed by atoms with Gasteiger partial charge in [-0.05, 0) is 18.2 Å². The van der Waals surface area contributed by atoms with E-state index in [2.05, 4.69) is 11.9 Å². The summed E-state index contributed by atoms with van der Waals surface area (Å²) in [6, 6.07) is 5.51. The number of aromatic nitrogens is 1. The summed E-state index contributed by atoms with van der Waals surface area (Å²) in [7, 11) is 0. The van der Waals surface area contributed by atoms with Crippen LogP contribution < -0.4 is 10.2 Å². The van der Waals surface area contributed by atoms with Crippen LogP contribution in [0.5, 0.6) is 0 Å². The van der Waals surface area contributed by atoms with Gasteiger partial charge in [0.15, 0.2) is 0 Å². The fourth-order valence-corrected chi connectivity index (χ4v) is 2.70. The topological polar surface area (TPSA) is 51.1 Å². The summed E-state index contributed by atoms with van der Waals surface area (Å²) < 4.78 is 2.53. The van der Waals surface area contributed by atoms with E-state index in [0.29, 0.717) is 12.2 Å². The maximum absolute atomic E-state index is 12.0. The molecule has 0 atom stereocenters. The first-order valence-electron chi connectivity index (χ1n) is 6.38. The summed E-state index contributed by atoms with van der Waals surface area (Å²) in [4.78, 5) is 23.8. The quantitative estimate of drug-likeness (QED) is 0.882. The summed E-state index contributed by atoms with van der Waals surface area (Å²) in [6.07, 6.45) is 1.70. The lowest BCUT2D eigenvalue weighted by atomic mass is 9.95. The second-order valence-electron chi connectivity index (χ2n) is 5.65. The minimum Gasteiger partial charge on any atom is -0.326 e. The van der Waals surface area contributed by atoms with E-state index in [-0.39, 0.29) is 10.8 Å². The summed E-state index contributed by atoms with van der Waals surface area (Å²) in [5.41, 5.74) is 1.13. The Labute approximate surface area is 121 Å². The van der Waals surface area contributed by atoms with Gasteiger partial charge in [0.2, 0.25) is 5.91 Å². The Morgan fingerprint density at radius 1 is 1.45 bits per heavy atom. The predicted molar refractivity (Wildman–Crippen MR) is 84.4 cm³/mol. The van der Waals surface area contributed by atoms with Crippen molar-refractivity contribution >= 4 is 33.1 Å². The van der Waals surface area contributed by atoms with E-state index in [1.807, 2.05) is 39.0 Å². The van der Waals surface area contributed by atoms with E-state index in [0.717, 1.165) is 10.2 Å². The molecule has 0 radical (unpaired) electrons. The molecule has 1 aromatic carbocycles. The molecule has 1 heterocycles. The van der Waals surface area contributed by atoms with E-state index >= 15 is 0 Å². The Kier molecular flexibility index (Phi) is 3.81. The van der Waals surface area contributed by atoms with Crippen molar-refractivity contribution in [2.45, 2.75) is 27.3 Å². The molecule has 2 rings (SSSR count). The number of amides is 1. The van der Waals surface area contributed by atoms with Crippen molar-refractivity contribution in [2.24, 2.45) is 5.41 Å². The van der Waals surface area contributed by atoms with Crippen molar-refractivity contribution in [2.75, 3.05) is 5.32 Å². The van der Waals surface area contributed by atoms with Crippen LogP contribution in [0.2, 0.25) is 0 Å². The third-order valence-electron chi connectivity index (χ3n) is 2.92. The largest absolute Gasteiger partial charge is 0.326 e. The Hall–Kier alpha value is -1.88. The zero-order chi connectivity index (χ0) is 14.9. The van der Waals surface area contributed by atoms with Gasteiger partial charge in [0.25, 0.3) is 0 Å². The summed E-state index contributed by atoms with van der Waals surface area (Å²) in [5, 5.41) is 2.87. The molecule has 0 bridgehead atoms. The molecule has 5 heteroatoms. The zero-order valence-electron chi connectivity index (χ0n) is 11.9. The van der Waals surface area contributed by atoms with Gasteiger partial charge in [-0.25, -0.2) is 0 Å². The monoisotopic (exact) mass is 290 g/mol. The number of fused-ring (bicyclic) bond motifs is 1. The minimum atomic E-state index is -0.448. The molecule has 0 aliphatic carbocycles. The Morgan fingerprint density at radius 2 is 2.15 bits per heavy atom. The molecule has 0 fully saturated rings. The van der Waals surface area contributed by atoms with Crippen LogP contribution in [0.4, 0.5) is 5.69 Å². The van der Waals surface area contributed by atoms with E-state index in [1.54, 1.807) is 10.6 Å². The van der Waals surface area contributed by atoms with Crippen molar-refractivity contribution in [1.82, 2.24) is 4.57 Å². The Morgan fingerprint density at radius 3 is 2.75 bits per heavy atom. The zero-order valence-corrected chi connectivity index (χ0v) is 12.7. The maximum Gasteiger partial charge on any atom is 0.308 e. The molecule has 1 amide bonds. The number of benzene rings is 1. The second kappa shape index (κ2) is 5.25. The SMILES string of the molecule is C=CCn1c(=O)sc2cc(NC(=O)C(C)(C)C)ccc21. The normalized spacial score (nSPS) is 11.6. The average Bonchev–Trinajstić information content (AvgIpc) is 2.64. The molecular weight excluding hydrogens is 272 g/mol. The number of thiazole rings is 1. The van der Waals surface area contributed by atoms with Gasteiger partial charge in [-0.2, -0.15) is 0 Å². The number of allylic oxidation sites excluding steroid dienone is 1. The van der Waals surface area contributed by atoms with E-state index in [1.165, 1.54) is 11.3 Å². The molecule has 0 unspecified atom stereocenters. The Balaban J connectivity index is 2.38. The molecule has 0 saturated heterocycles. The van der Waals surface area contributed by atoms with Gasteiger partial charge in [-0.15, -0.1) is 6.58 Å².